The molecule has 1 fully saturated rings. The van der Waals surface area contributed by atoms with Gasteiger partial charge in [0.05, 0.1) is 11.4 Å². The van der Waals surface area contributed by atoms with Gasteiger partial charge in [-0.2, -0.15) is 0 Å². The van der Waals surface area contributed by atoms with Crippen molar-refractivity contribution in [3.05, 3.63) is 59.1 Å². The Hall–Kier alpha value is -3.26. The Morgan fingerprint density at radius 1 is 1.28 bits per heavy atom. The van der Waals surface area contributed by atoms with Crippen molar-refractivity contribution in [2.24, 2.45) is 5.73 Å². The lowest BCUT2D eigenvalue weighted by molar-refractivity contribution is -0.117. The Labute approximate surface area is 189 Å². The number of aromatic nitrogens is 2. The molecule has 3 rings (SSSR count). The van der Waals surface area contributed by atoms with E-state index in [2.05, 4.69) is 32.0 Å². The fraction of sp³-hybridized carbons (Fsp3) is 0.417. The molecule has 0 aliphatic heterocycles. The molecule has 0 unspecified atom stereocenters. The molecular weight excluding hydrogens is 404 g/mol. The van der Waals surface area contributed by atoms with Crippen LogP contribution in [0.4, 0.5) is 11.5 Å². The van der Waals surface area contributed by atoms with Crippen LogP contribution in [0.5, 0.6) is 0 Å². The molecular formula is C24H32N6O2. The van der Waals surface area contributed by atoms with E-state index in [0.29, 0.717) is 18.3 Å². The third-order valence-electron chi connectivity index (χ3n) is 5.24. The molecule has 1 atom stereocenters. The number of anilines is 2. The number of nitrogens with two attached hydrogens (primary N) is 1. The van der Waals surface area contributed by atoms with E-state index >= 15 is 0 Å². The van der Waals surface area contributed by atoms with Crippen LogP contribution in [-0.4, -0.2) is 40.9 Å². The highest BCUT2D eigenvalue weighted by molar-refractivity contribution is 5.96. The molecule has 1 saturated carbocycles. The minimum atomic E-state index is -0.596. The van der Waals surface area contributed by atoms with Crippen LogP contribution in [0.25, 0.3) is 0 Å². The van der Waals surface area contributed by atoms with Gasteiger partial charge in [0.1, 0.15) is 0 Å². The summed E-state index contributed by atoms with van der Waals surface area (Å²) < 4.78 is 0. The average molecular weight is 437 g/mol. The van der Waals surface area contributed by atoms with Crippen molar-refractivity contribution in [2.75, 3.05) is 18.4 Å². The minimum absolute atomic E-state index is 0.0414. The normalized spacial score (nSPS) is 14.3. The zero-order valence-corrected chi connectivity index (χ0v) is 18.9. The maximum absolute atomic E-state index is 11.9. The standard InChI is InChI=1S/C24H32N6O2/c1-4-6-20(31)27-15(2)14-26-12-11-17-7-5-8-19(13-17)29-24-22(23(25)32)28-16(3)21(30-24)18-9-10-18/h4-8,13,15,18,26H,9-12,14H2,1-3H3,(H2,25,32)(H,27,31)(H,29,30)/t15-/m0/s1. The van der Waals surface area contributed by atoms with Crippen LogP contribution in [0, 0.1) is 6.92 Å². The van der Waals surface area contributed by atoms with E-state index < -0.39 is 5.91 Å². The first-order valence-corrected chi connectivity index (χ1v) is 11.1. The molecule has 0 spiro atoms. The zero-order chi connectivity index (χ0) is 23.1. The van der Waals surface area contributed by atoms with E-state index in [4.69, 9.17) is 5.73 Å². The molecule has 8 heteroatoms. The molecule has 2 aromatic rings. The quantitative estimate of drug-likeness (QED) is 0.317. The van der Waals surface area contributed by atoms with E-state index in [1.54, 1.807) is 6.08 Å². The fourth-order valence-corrected chi connectivity index (χ4v) is 3.52. The first-order chi connectivity index (χ1) is 15.4. The first-order valence-electron chi connectivity index (χ1n) is 11.1. The summed E-state index contributed by atoms with van der Waals surface area (Å²) in [7, 11) is 0. The number of carbonyl (C=O) groups excluding carboxylic acids is 2. The zero-order valence-electron chi connectivity index (χ0n) is 18.9. The van der Waals surface area contributed by atoms with Gasteiger partial charge >= 0.3 is 0 Å². The summed E-state index contributed by atoms with van der Waals surface area (Å²) in [6.07, 6.45) is 6.26. The molecule has 32 heavy (non-hydrogen) atoms. The molecule has 0 saturated heterocycles. The minimum Gasteiger partial charge on any atom is -0.364 e. The van der Waals surface area contributed by atoms with Gasteiger partial charge in [-0.15, -0.1) is 0 Å². The van der Waals surface area contributed by atoms with Crippen LogP contribution in [-0.2, 0) is 11.2 Å². The van der Waals surface area contributed by atoms with Crippen molar-refractivity contribution < 1.29 is 9.59 Å². The summed E-state index contributed by atoms with van der Waals surface area (Å²) in [6.45, 7) is 7.12. The van der Waals surface area contributed by atoms with Gasteiger partial charge in [0.25, 0.3) is 5.91 Å². The number of amides is 2. The molecule has 1 aromatic heterocycles. The van der Waals surface area contributed by atoms with Gasteiger partial charge in [-0.05, 0) is 70.4 Å². The highest BCUT2D eigenvalue weighted by atomic mass is 16.2. The molecule has 1 aliphatic rings. The lowest BCUT2D eigenvalue weighted by Gasteiger charge is -2.14. The molecule has 5 N–H and O–H groups in total. The highest BCUT2D eigenvalue weighted by Crippen LogP contribution is 2.40. The second kappa shape index (κ2) is 10.9. The third kappa shape index (κ3) is 6.62. The number of hydrogen-bond acceptors (Lipinski definition) is 6. The number of benzene rings is 1. The summed E-state index contributed by atoms with van der Waals surface area (Å²) in [5.74, 6) is 0.153. The summed E-state index contributed by atoms with van der Waals surface area (Å²) >= 11 is 0. The van der Waals surface area contributed by atoms with Crippen molar-refractivity contribution in [3.8, 4) is 0 Å². The van der Waals surface area contributed by atoms with E-state index in [9.17, 15) is 9.59 Å². The Balaban J connectivity index is 1.59. The second-order valence-corrected chi connectivity index (χ2v) is 8.22. The van der Waals surface area contributed by atoms with Crippen molar-refractivity contribution in [1.82, 2.24) is 20.6 Å². The Kier molecular flexibility index (Phi) is 7.94. The van der Waals surface area contributed by atoms with Crippen molar-refractivity contribution in [2.45, 2.75) is 52.0 Å². The Morgan fingerprint density at radius 2 is 2.06 bits per heavy atom. The number of aryl methyl sites for hydroxylation is 1. The second-order valence-electron chi connectivity index (χ2n) is 8.22. The number of carbonyl (C=O) groups is 2. The van der Waals surface area contributed by atoms with E-state index in [1.165, 1.54) is 6.08 Å². The maximum atomic E-state index is 11.9. The molecule has 1 heterocycles. The van der Waals surface area contributed by atoms with E-state index in [1.807, 2.05) is 39.0 Å². The smallest absolute Gasteiger partial charge is 0.271 e. The van der Waals surface area contributed by atoms with Crippen LogP contribution in [0.1, 0.15) is 60.0 Å². The van der Waals surface area contributed by atoms with Gasteiger partial charge < -0.3 is 21.7 Å². The van der Waals surface area contributed by atoms with Crippen LogP contribution >= 0.6 is 0 Å². The molecule has 1 aliphatic carbocycles. The summed E-state index contributed by atoms with van der Waals surface area (Å²) in [4.78, 5) is 32.6. The number of nitrogens with one attached hydrogen (secondary N) is 3. The number of hydrogen-bond donors (Lipinski definition) is 4. The van der Waals surface area contributed by atoms with Crippen molar-refractivity contribution in [1.29, 1.82) is 0 Å². The van der Waals surface area contributed by atoms with Gasteiger partial charge in [0, 0.05) is 24.2 Å². The molecule has 170 valence electrons. The third-order valence-corrected chi connectivity index (χ3v) is 5.24. The maximum Gasteiger partial charge on any atom is 0.271 e. The average Bonchev–Trinajstić information content (AvgIpc) is 3.58. The largest absolute Gasteiger partial charge is 0.364 e. The van der Waals surface area contributed by atoms with Gasteiger partial charge in [-0.3, -0.25) is 9.59 Å². The van der Waals surface area contributed by atoms with E-state index in [-0.39, 0.29) is 17.6 Å². The first kappa shape index (κ1) is 23.4. The predicted molar refractivity (Wildman–Crippen MR) is 126 cm³/mol. The Bertz CT molecular complexity index is 1000. The topological polar surface area (TPSA) is 122 Å². The molecule has 8 nitrogen and oxygen atoms in total. The highest BCUT2D eigenvalue weighted by Gasteiger charge is 2.29. The van der Waals surface area contributed by atoms with Gasteiger partial charge in [0.15, 0.2) is 11.5 Å². The number of allylic oxidation sites excluding steroid dienone is 1. The molecule has 0 bridgehead atoms. The van der Waals surface area contributed by atoms with Gasteiger partial charge in [-0.25, -0.2) is 9.97 Å². The predicted octanol–water partition coefficient (Wildman–Crippen LogP) is 2.72. The van der Waals surface area contributed by atoms with Crippen LogP contribution in [0.15, 0.2) is 36.4 Å². The number of nitrogens with zero attached hydrogens (tertiary/aromatic N) is 2. The molecule has 0 radical (unpaired) electrons. The lowest BCUT2D eigenvalue weighted by Crippen LogP contribution is -2.39. The molecule has 1 aromatic carbocycles. The SMILES string of the molecule is CC=CC(=O)N[C@@H](C)CNCCc1cccc(Nc2nc(C3CC3)c(C)nc2C(N)=O)c1. The molecule has 2 amide bonds. The van der Waals surface area contributed by atoms with E-state index in [0.717, 1.165) is 48.4 Å². The number of primary amides is 1. The fourth-order valence-electron chi connectivity index (χ4n) is 3.52. The van der Waals surface area contributed by atoms with Crippen molar-refractivity contribution >= 4 is 23.3 Å². The summed E-state index contributed by atoms with van der Waals surface area (Å²) in [5, 5.41) is 9.50. The lowest BCUT2D eigenvalue weighted by atomic mass is 10.1. The van der Waals surface area contributed by atoms with Gasteiger partial charge in [0.2, 0.25) is 5.91 Å². The number of rotatable bonds is 11. The summed E-state index contributed by atoms with van der Waals surface area (Å²) in [5.41, 5.74) is 9.37. The van der Waals surface area contributed by atoms with Crippen molar-refractivity contribution in [3.63, 3.8) is 0 Å². The van der Waals surface area contributed by atoms with Crippen LogP contribution in [0.2, 0.25) is 0 Å². The van der Waals surface area contributed by atoms with Crippen LogP contribution in [0.3, 0.4) is 0 Å². The Morgan fingerprint density at radius 3 is 2.75 bits per heavy atom. The van der Waals surface area contributed by atoms with Gasteiger partial charge in [-0.1, -0.05) is 18.2 Å². The monoisotopic (exact) mass is 436 g/mol. The summed E-state index contributed by atoms with van der Waals surface area (Å²) in [6, 6.07) is 8.02. The van der Waals surface area contributed by atoms with Crippen LogP contribution < -0.4 is 21.7 Å².